The molecule has 0 radical (unpaired) electrons. The highest BCUT2D eigenvalue weighted by atomic mass is 35.5. The molecule has 2 aromatic rings. The number of likely N-dealkylation sites (N-methyl/N-ethyl adjacent to an activating group) is 1. The minimum atomic E-state index is -0.592. The van der Waals surface area contributed by atoms with E-state index in [2.05, 4.69) is 4.98 Å². The molecule has 142 valence electrons. The summed E-state index contributed by atoms with van der Waals surface area (Å²) >= 11 is 6.01. The predicted molar refractivity (Wildman–Crippen MR) is 104 cm³/mol. The minimum Gasteiger partial charge on any atom is -0.459 e. The molecular formula is C19H26ClN3O3. The van der Waals surface area contributed by atoms with Crippen LogP contribution in [-0.2, 0) is 9.53 Å². The summed E-state index contributed by atoms with van der Waals surface area (Å²) in [6.07, 6.45) is 0. The van der Waals surface area contributed by atoms with Crippen LogP contribution < -0.4 is 0 Å². The Morgan fingerprint density at radius 3 is 2.46 bits per heavy atom. The molecule has 0 saturated carbocycles. The molecule has 0 spiro atoms. The Labute approximate surface area is 159 Å². The van der Waals surface area contributed by atoms with Crippen molar-refractivity contribution in [3.05, 3.63) is 35.0 Å². The van der Waals surface area contributed by atoms with Crippen LogP contribution in [0.25, 0.3) is 10.9 Å². The van der Waals surface area contributed by atoms with Gasteiger partial charge < -0.3 is 19.5 Å². The standard InChI is InChI=1S/C19H26ClN3O3/c1-19(2,3)26-17(24)12-23(9-8-22(4)5)18(25)16-11-13-10-14(20)6-7-15(13)21-16/h6-7,10-11,21H,8-9,12H2,1-5H3. The lowest BCUT2D eigenvalue weighted by Gasteiger charge is -2.26. The number of benzene rings is 1. The highest BCUT2D eigenvalue weighted by Crippen LogP contribution is 2.21. The number of esters is 1. The number of halogens is 1. The molecule has 0 aliphatic heterocycles. The SMILES string of the molecule is CN(C)CCN(CC(=O)OC(C)(C)C)C(=O)c1cc2cc(Cl)ccc2[nH]1. The van der Waals surface area contributed by atoms with Gasteiger partial charge in [0.25, 0.3) is 5.91 Å². The zero-order chi connectivity index (χ0) is 19.5. The summed E-state index contributed by atoms with van der Waals surface area (Å²) in [6.45, 7) is 6.37. The Balaban J connectivity index is 2.21. The van der Waals surface area contributed by atoms with Gasteiger partial charge in [-0.25, -0.2) is 0 Å². The van der Waals surface area contributed by atoms with Crippen LogP contribution >= 0.6 is 11.6 Å². The van der Waals surface area contributed by atoms with E-state index in [4.69, 9.17) is 16.3 Å². The number of aromatic amines is 1. The largest absolute Gasteiger partial charge is 0.459 e. The van der Waals surface area contributed by atoms with Crippen molar-refractivity contribution in [1.82, 2.24) is 14.8 Å². The number of carbonyl (C=O) groups is 2. The Hall–Kier alpha value is -2.05. The van der Waals surface area contributed by atoms with Crippen molar-refractivity contribution in [1.29, 1.82) is 0 Å². The molecule has 1 N–H and O–H groups in total. The van der Waals surface area contributed by atoms with Gasteiger partial charge in [-0.1, -0.05) is 11.6 Å². The number of amides is 1. The normalized spacial score (nSPS) is 11.8. The summed E-state index contributed by atoms with van der Waals surface area (Å²) in [5, 5.41) is 1.46. The van der Waals surface area contributed by atoms with Gasteiger partial charge in [-0.05, 0) is 59.1 Å². The van der Waals surface area contributed by atoms with E-state index in [-0.39, 0.29) is 12.5 Å². The van der Waals surface area contributed by atoms with Crippen LogP contribution in [0.15, 0.2) is 24.3 Å². The van der Waals surface area contributed by atoms with Crippen molar-refractivity contribution >= 4 is 34.4 Å². The number of rotatable bonds is 6. The van der Waals surface area contributed by atoms with Gasteiger partial charge in [0, 0.05) is 29.0 Å². The van der Waals surface area contributed by atoms with Gasteiger partial charge >= 0.3 is 5.97 Å². The summed E-state index contributed by atoms with van der Waals surface area (Å²) in [4.78, 5) is 31.7. The van der Waals surface area contributed by atoms with Gasteiger partial charge in [0.2, 0.25) is 0 Å². The molecule has 0 unspecified atom stereocenters. The average molecular weight is 380 g/mol. The maximum Gasteiger partial charge on any atom is 0.326 e. The molecule has 6 nitrogen and oxygen atoms in total. The highest BCUT2D eigenvalue weighted by Gasteiger charge is 2.24. The zero-order valence-electron chi connectivity index (χ0n) is 15.9. The molecule has 1 heterocycles. The van der Waals surface area contributed by atoms with Crippen molar-refractivity contribution in [2.24, 2.45) is 0 Å². The van der Waals surface area contributed by atoms with Crippen molar-refractivity contribution in [3.63, 3.8) is 0 Å². The van der Waals surface area contributed by atoms with Crippen LogP contribution in [0.4, 0.5) is 0 Å². The Morgan fingerprint density at radius 1 is 1.15 bits per heavy atom. The number of ether oxygens (including phenoxy) is 1. The van der Waals surface area contributed by atoms with Crippen LogP contribution in [0.1, 0.15) is 31.3 Å². The van der Waals surface area contributed by atoms with E-state index < -0.39 is 11.6 Å². The van der Waals surface area contributed by atoms with Gasteiger partial charge in [-0.3, -0.25) is 9.59 Å². The smallest absolute Gasteiger partial charge is 0.326 e. The number of hydrogen-bond donors (Lipinski definition) is 1. The first-order chi connectivity index (χ1) is 12.0. The second-order valence-electron chi connectivity index (χ2n) is 7.53. The zero-order valence-corrected chi connectivity index (χ0v) is 16.7. The lowest BCUT2D eigenvalue weighted by atomic mass is 10.2. The highest BCUT2D eigenvalue weighted by molar-refractivity contribution is 6.31. The Kier molecular flexibility index (Phi) is 6.31. The third-order valence-corrected chi connectivity index (χ3v) is 3.89. The first-order valence-corrected chi connectivity index (χ1v) is 8.87. The van der Waals surface area contributed by atoms with Gasteiger partial charge in [0.05, 0.1) is 0 Å². The predicted octanol–water partition coefficient (Wildman–Crippen LogP) is 3.17. The van der Waals surface area contributed by atoms with Crippen molar-refractivity contribution in [2.75, 3.05) is 33.7 Å². The monoisotopic (exact) mass is 379 g/mol. The molecule has 0 atom stereocenters. The quantitative estimate of drug-likeness (QED) is 0.783. The fourth-order valence-corrected chi connectivity index (χ4v) is 2.67. The third kappa shape index (κ3) is 5.75. The molecule has 0 aliphatic carbocycles. The topological polar surface area (TPSA) is 65.6 Å². The number of hydrogen-bond acceptors (Lipinski definition) is 4. The third-order valence-electron chi connectivity index (χ3n) is 3.66. The lowest BCUT2D eigenvalue weighted by Crippen LogP contribution is -2.42. The fraction of sp³-hybridized carbons (Fsp3) is 0.474. The van der Waals surface area contributed by atoms with E-state index in [1.54, 1.807) is 39.0 Å². The van der Waals surface area contributed by atoms with Gasteiger partial charge in [0.1, 0.15) is 17.8 Å². The Bertz CT molecular complexity index is 793. The van der Waals surface area contributed by atoms with Crippen LogP contribution in [-0.4, -0.2) is 66.0 Å². The van der Waals surface area contributed by atoms with E-state index in [0.717, 1.165) is 10.9 Å². The summed E-state index contributed by atoms with van der Waals surface area (Å²) in [7, 11) is 3.84. The van der Waals surface area contributed by atoms with Crippen molar-refractivity contribution in [2.45, 2.75) is 26.4 Å². The van der Waals surface area contributed by atoms with Crippen LogP contribution in [0.3, 0.4) is 0 Å². The van der Waals surface area contributed by atoms with Crippen LogP contribution in [0, 0.1) is 0 Å². The van der Waals surface area contributed by atoms with Gasteiger partial charge in [0.15, 0.2) is 0 Å². The second kappa shape index (κ2) is 8.10. The Morgan fingerprint density at radius 2 is 1.85 bits per heavy atom. The van der Waals surface area contributed by atoms with E-state index in [1.807, 2.05) is 25.1 Å². The number of carbonyl (C=O) groups excluding carboxylic acids is 2. The first-order valence-electron chi connectivity index (χ1n) is 8.49. The molecule has 26 heavy (non-hydrogen) atoms. The molecule has 0 fully saturated rings. The van der Waals surface area contributed by atoms with E-state index >= 15 is 0 Å². The first kappa shape index (κ1) is 20.3. The number of fused-ring (bicyclic) bond motifs is 1. The van der Waals surface area contributed by atoms with E-state index in [1.165, 1.54) is 4.90 Å². The number of H-pyrrole nitrogens is 1. The fourth-order valence-electron chi connectivity index (χ4n) is 2.49. The molecule has 1 aromatic heterocycles. The van der Waals surface area contributed by atoms with Crippen LogP contribution in [0.2, 0.25) is 5.02 Å². The van der Waals surface area contributed by atoms with Crippen molar-refractivity contribution < 1.29 is 14.3 Å². The van der Waals surface area contributed by atoms with E-state index in [0.29, 0.717) is 23.8 Å². The lowest BCUT2D eigenvalue weighted by molar-refractivity contribution is -0.155. The van der Waals surface area contributed by atoms with Gasteiger partial charge in [-0.2, -0.15) is 0 Å². The van der Waals surface area contributed by atoms with Crippen molar-refractivity contribution in [3.8, 4) is 0 Å². The second-order valence-corrected chi connectivity index (χ2v) is 7.97. The molecule has 0 bridgehead atoms. The van der Waals surface area contributed by atoms with Crippen LogP contribution in [0.5, 0.6) is 0 Å². The number of nitrogens with zero attached hydrogens (tertiary/aromatic N) is 2. The summed E-state index contributed by atoms with van der Waals surface area (Å²) in [5.74, 6) is -0.672. The van der Waals surface area contributed by atoms with Gasteiger partial charge in [-0.15, -0.1) is 0 Å². The summed E-state index contributed by atoms with van der Waals surface area (Å²) < 4.78 is 5.36. The molecule has 1 amide bonds. The minimum absolute atomic E-state index is 0.0972. The molecule has 7 heteroatoms. The molecule has 2 rings (SSSR count). The summed E-state index contributed by atoms with van der Waals surface area (Å²) in [5.41, 5.74) is 0.651. The number of aromatic nitrogens is 1. The maximum atomic E-state index is 12.9. The molecular weight excluding hydrogens is 354 g/mol. The number of nitrogens with one attached hydrogen (secondary N) is 1. The van der Waals surface area contributed by atoms with E-state index in [9.17, 15) is 9.59 Å². The molecule has 0 saturated heterocycles. The molecule has 0 aliphatic rings. The maximum absolute atomic E-state index is 12.9. The molecule has 1 aromatic carbocycles. The summed E-state index contributed by atoms with van der Waals surface area (Å²) in [6, 6.07) is 7.13. The average Bonchev–Trinajstić information content (AvgIpc) is 2.91.